The van der Waals surface area contributed by atoms with E-state index in [9.17, 15) is 4.39 Å². The van der Waals surface area contributed by atoms with Gasteiger partial charge in [0.1, 0.15) is 5.82 Å². The molecule has 1 unspecified atom stereocenters. The lowest BCUT2D eigenvalue weighted by molar-refractivity contribution is 0.146. The van der Waals surface area contributed by atoms with Gasteiger partial charge in [0.05, 0.1) is 6.61 Å². The zero-order chi connectivity index (χ0) is 12.8. The molecule has 0 aliphatic carbocycles. The lowest BCUT2D eigenvalue weighted by Crippen LogP contribution is -2.37. The van der Waals surface area contributed by atoms with E-state index in [1.54, 1.807) is 13.2 Å². The van der Waals surface area contributed by atoms with Crippen LogP contribution in [0, 0.1) is 11.7 Å². The van der Waals surface area contributed by atoms with Crippen molar-refractivity contribution in [2.24, 2.45) is 5.92 Å². The van der Waals surface area contributed by atoms with Crippen LogP contribution in [0.3, 0.4) is 0 Å². The first-order valence-corrected chi connectivity index (χ1v) is 6.50. The Hall–Kier alpha value is -0.450. The molecular formula is C13H19BrFNO. The van der Waals surface area contributed by atoms with E-state index >= 15 is 0 Å². The number of methoxy groups -OCH3 is 1. The summed E-state index contributed by atoms with van der Waals surface area (Å²) in [4.78, 5) is 0. The Bertz CT molecular complexity index is 357. The van der Waals surface area contributed by atoms with E-state index in [0.29, 0.717) is 25.1 Å². The zero-order valence-electron chi connectivity index (χ0n) is 10.5. The fourth-order valence-corrected chi connectivity index (χ4v) is 2.06. The van der Waals surface area contributed by atoms with E-state index in [1.165, 1.54) is 12.1 Å². The van der Waals surface area contributed by atoms with Gasteiger partial charge in [-0.3, -0.25) is 0 Å². The number of nitrogens with one attached hydrogen (secondary N) is 1. The third-order valence-electron chi connectivity index (χ3n) is 2.72. The molecule has 0 bridgehead atoms. The Balaban J connectivity index is 2.59. The van der Waals surface area contributed by atoms with E-state index in [0.717, 1.165) is 10.0 Å². The number of hydrogen-bond acceptors (Lipinski definition) is 2. The smallest absolute Gasteiger partial charge is 0.124 e. The molecule has 0 heterocycles. The molecule has 4 heteroatoms. The van der Waals surface area contributed by atoms with E-state index in [-0.39, 0.29) is 5.82 Å². The van der Waals surface area contributed by atoms with Gasteiger partial charge in [-0.05, 0) is 23.6 Å². The molecular weight excluding hydrogens is 285 g/mol. The van der Waals surface area contributed by atoms with Crippen LogP contribution in [0.4, 0.5) is 4.39 Å². The van der Waals surface area contributed by atoms with Gasteiger partial charge in [0.25, 0.3) is 0 Å². The van der Waals surface area contributed by atoms with Crippen molar-refractivity contribution in [2.45, 2.75) is 26.4 Å². The highest BCUT2D eigenvalue weighted by Crippen LogP contribution is 2.18. The summed E-state index contributed by atoms with van der Waals surface area (Å²) in [6, 6.07) is 5.05. The molecule has 1 aromatic rings. The molecule has 1 atom stereocenters. The van der Waals surface area contributed by atoms with Gasteiger partial charge in [0, 0.05) is 24.2 Å². The van der Waals surface area contributed by atoms with Crippen molar-refractivity contribution >= 4 is 15.9 Å². The van der Waals surface area contributed by atoms with Crippen LogP contribution in [0.15, 0.2) is 22.7 Å². The van der Waals surface area contributed by atoms with Gasteiger partial charge in [-0.2, -0.15) is 0 Å². The summed E-state index contributed by atoms with van der Waals surface area (Å²) in [6.45, 7) is 5.68. The van der Waals surface area contributed by atoms with Crippen molar-refractivity contribution in [1.29, 1.82) is 0 Å². The van der Waals surface area contributed by atoms with E-state index in [4.69, 9.17) is 4.74 Å². The van der Waals surface area contributed by atoms with E-state index in [1.807, 2.05) is 0 Å². The molecule has 0 fully saturated rings. The van der Waals surface area contributed by atoms with E-state index in [2.05, 4.69) is 35.1 Å². The molecule has 0 radical (unpaired) electrons. The van der Waals surface area contributed by atoms with Crippen molar-refractivity contribution in [3.63, 3.8) is 0 Å². The first kappa shape index (κ1) is 14.6. The van der Waals surface area contributed by atoms with E-state index < -0.39 is 0 Å². The van der Waals surface area contributed by atoms with Gasteiger partial charge >= 0.3 is 0 Å². The summed E-state index contributed by atoms with van der Waals surface area (Å²) in [7, 11) is 1.70. The number of hydrogen-bond donors (Lipinski definition) is 1. The summed E-state index contributed by atoms with van der Waals surface area (Å²) in [5, 5.41) is 3.42. The van der Waals surface area contributed by atoms with Crippen LogP contribution < -0.4 is 5.32 Å². The van der Waals surface area contributed by atoms with Gasteiger partial charge in [0.15, 0.2) is 0 Å². The number of halogens is 2. The molecule has 0 aliphatic rings. The normalized spacial score (nSPS) is 13.1. The molecule has 0 saturated heterocycles. The summed E-state index contributed by atoms with van der Waals surface area (Å²) in [5.41, 5.74) is 1.05. The minimum atomic E-state index is -0.224. The maximum atomic E-state index is 12.9. The van der Waals surface area contributed by atoms with Crippen molar-refractivity contribution in [3.05, 3.63) is 34.1 Å². The quantitative estimate of drug-likeness (QED) is 0.870. The fraction of sp³-hybridized carbons (Fsp3) is 0.538. The van der Waals surface area contributed by atoms with Crippen LogP contribution in [0.2, 0.25) is 0 Å². The molecule has 0 aromatic heterocycles. The topological polar surface area (TPSA) is 21.3 Å². The molecule has 96 valence electrons. The van der Waals surface area contributed by atoms with Crippen molar-refractivity contribution in [1.82, 2.24) is 5.32 Å². The van der Waals surface area contributed by atoms with Crippen molar-refractivity contribution in [3.8, 4) is 0 Å². The summed E-state index contributed by atoms with van der Waals surface area (Å²) in [5.74, 6) is 0.270. The third-order valence-corrected chi connectivity index (χ3v) is 3.46. The largest absolute Gasteiger partial charge is 0.383 e. The first-order valence-electron chi connectivity index (χ1n) is 5.70. The number of rotatable bonds is 6. The molecule has 0 spiro atoms. The average Bonchev–Trinajstić information content (AvgIpc) is 2.25. The number of ether oxygens (including phenoxy) is 1. The summed E-state index contributed by atoms with van der Waals surface area (Å²) in [6.07, 6.45) is 0. The summed E-state index contributed by atoms with van der Waals surface area (Å²) < 4.78 is 18.9. The highest BCUT2D eigenvalue weighted by molar-refractivity contribution is 9.10. The fourth-order valence-electron chi connectivity index (χ4n) is 1.57. The van der Waals surface area contributed by atoms with Crippen molar-refractivity contribution in [2.75, 3.05) is 13.7 Å². The van der Waals surface area contributed by atoms with Crippen LogP contribution in [0.25, 0.3) is 0 Å². The Morgan fingerprint density at radius 2 is 2.12 bits per heavy atom. The highest BCUT2D eigenvalue weighted by Gasteiger charge is 2.12. The van der Waals surface area contributed by atoms with Gasteiger partial charge < -0.3 is 10.1 Å². The number of benzene rings is 1. The second kappa shape index (κ2) is 7.09. The molecule has 1 rings (SSSR count). The van der Waals surface area contributed by atoms with Gasteiger partial charge in [0.2, 0.25) is 0 Å². The Morgan fingerprint density at radius 3 is 2.65 bits per heavy atom. The molecule has 2 nitrogen and oxygen atoms in total. The van der Waals surface area contributed by atoms with Crippen LogP contribution in [0.1, 0.15) is 19.4 Å². The molecule has 0 aliphatic heterocycles. The Kier molecular flexibility index (Phi) is 6.09. The lowest BCUT2D eigenvalue weighted by Gasteiger charge is -2.22. The summed E-state index contributed by atoms with van der Waals surface area (Å²) >= 11 is 3.36. The maximum Gasteiger partial charge on any atom is 0.124 e. The maximum absolute atomic E-state index is 12.9. The Morgan fingerprint density at radius 1 is 1.41 bits per heavy atom. The second-order valence-corrected chi connectivity index (χ2v) is 5.28. The lowest BCUT2D eigenvalue weighted by atomic mass is 10.0. The highest BCUT2D eigenvalue weighted by atomic mass is 79.9. The minimum Gasteiger partial charge on any atom is -0.383 e. The molecule has 17 heavy (non-hydrogen) atoms. The third kappa shape index (κ3) is 4.74. The predicted octanol–water partition coefficient (Wildman–Crippen LogP) is 3.35. The monoisotopic (exact) mass is 303 g/mol. The van der Waals surface area contributed by atoms with Crippen molar-refractivity contribution < 1.29 is 9.13 Å². The van der Waals surface area contributed by atoms with Gasteiger partial charge in [-0.25, -0.2) is 4.39 Å². The minimum absolute atomic E-state index is 0.224. The van der Waals surface area contributed by atoms with Crippen LogP contribution in [-0.4, -0.2) is 19.8 Å². The standard InChI is InChI=1S/C13H19BrFNO/c1-9(2)13(8-17-3)16-7-10-4-5-11(15)6-12(10)14/h4-6,9,13,16H,7-8H2,1-3H3. The molecule has 1 N–H and O–H groups in total. The SMILES string of the molecule is COCC(NCc1ccc(F)cc1Br)C(C)C. The van der Waals surface area contributed by atoms with Crippen LogP contribution in [-0.2, 0) is 11.3 Å². The molecule has 1 aromatic carbocycles. The van der Waals surface area contributed by atoms with Crippen LogP contribution in [0.5, 0.6) is 0 Å². The second-order valence-electron chi connectivity index (χ2n) is 4.42. The Labute approximate surface area is 111 Å². The predicted molar refractivity (Wildman–Crippen MR) is 71.4 cm³/mol. The molecule has 0 saturated carbocycles. The zero-order valence-corrected chi connectivity index (χ0v) is 12.1. The molecule has 0 amide bonds. The van der Waals surface area contributed by atoms with Crippen LogP contribution >= 0.6 is 15.9 Å². The van der Waals surface area contributed by atoms with Gasteiger partial charge in [-0.15, -0.1) is 0 Å². The first-order chi connectivity index (χ1) is 8.04. The average molecular weight is 304 g/mol. The van der Waals surface area contributed by atoms with Gasteiger partial charge in [-0.1, -0.05) is 35.8 Å².